The number of benzene rings is 1. The van der Waals surface area contributed by atoms with E-state index in [9.17, 15) is 0 Å². The standard InChI is InChI=1S/C8H9Br.C2H6/c1-7-4-2-3-5-8(7)6-9;1-2/h2-5H,6H2,1H3;1-2H3. The molecule has 0 heterocycles. The Morgan fingerprint density at radius 3 is 2.09 bits per heavy atom. The lowest BCUT2D eigenvalue weighted by Crippen LogP contribution is -1.80. The Morgan fingerprint density at radius 2 is 1.73 bits per heavy atom. The number of hydrogen-bond donors (Lipinski definition) is 0. The summed E-state index contributed by atoms with van der Waals surface area (Å²) in [6, 6.07) is 8.37. The van der Waals surface area contributed by atoms with Gasteiger partial charge in [-0.1, -0.05) is 54.0 Å². The van der Waals surface area contributed by atoms with Gasteiger partial charge in [0.15, 0.2) is 0 Å². The van der Waals surface area contributed by atoms with Gasteiger partial charge in [0.1, 0.15) is 0 Å². The van der Waals surface area contributed by atoms with Crippen molar-refractivity contribution in [2.75, 3.05) is 0 Å². The van der Waals surface area contributed by atoms with Crippen molar-refractivity contribution in [2.45, 2.75) is 26.1 Å². The predicted molar refractivity (Wildman–Crippen MR) is 55.2 cm³/mol. The minimum Gasteiger partial charge on any atom is -0.0876 e. The van der Waals surface area contributed by atoms with E-state index in [0.29, 0.717) is 0 Å². The van der Waals surface area contributed by atoms with Gasteiger partial charge in [0.2, 0.25) is 0 Å². The highest BCUT2D eigenvalue weighted by Gasteiger charge is 1.90. The molecular weight excluding hydrogens is 200 g/mol. The van der Waals surface area contributed by atoms with E-state index < -0.39 is 0 Å². The van der Waals surface area contributed by atoms with Gasteiger partial charge in [0.05, 0.1) is 0 Å². The first-order valence-corrected chi connectivity index (χ1v) is 5.07. The van der Waals surface area contributed by atoms with Crippen LogP contribution in [0.4, 0.5) is 0 Å². The molecule has 0 amide bonds. The summed E-state index contributed by atoms with van der Waals surface area (Å²) in [6.07, 6.45) is 0. The second kappa shape index (κ2) is 6.41. The van der Waals surface area contributed by atoms with E-state index in [1.54, 1.807) is 0 Å². The maximum atomic E-state index is 3.41. The Hall–Kier alpha value is -0.300. The van der Waals surface area contributed by atoms with Crippen LogP contribution in [-0.2, 0) is 5.33 Å². The van der Waals surface area contributed by atoms with Crippen molar-refractivity contribution in [3.8, 4) is 0 Å². The maximum Gasteiger partial charge on any atom is 0.0285 e. The molecule has 0 aliphatic rings. The van der Waals surface area contributed by atoms with Gasteiger partial charge in [-0.25, -0.2) is 0 Å². The summed E-state index contributed by atoms with van der Waals surface area (Å²) in [5.41, 5.74) is 2.73. The maximum absolute atomic E-state index is 3.41. The molecule has 0 nitrogen and oxygen atoms in total. The summed E-state index contributed by atoms with van der Waals surface area (Å²) in [5.74, 6) is 0. The molecule has 1 aromatic carbocycles. The van der Waals surface area contributed by atoms with E-state index in [4.69, 9.17) is 0 Å². The largest absolute Gasteiger partial charge is 0.0876 e. The van der Waals surface area contributed by atoms with Crippen LogP contribution in [-0.4, -0.2) is 0 Å². The Morgan fingerprint density at radius 1 is 1.18 bits per heavy atom. The third kappa shape index (κ3) is 3.57. The molecule has 1 aromatic rings. The van der Waals surface area contributed by atoms with Crippen LogP contribution in [0.15, 0.2) is 24.3 Å². The van der Waals surface area contributed by atoms with E-state index in [1.807, 2.05) is 13.8 Å². The summed E-state index contributed by atoms with van der Waals surface area (Å²) in [7, 11) is 0. The summed E-state index contributed by atoms with van der Waals surface area (Å²) in [5, 5.41) is 0.958. The van der Waals surface area contributed by atoms with E-state index in [0.717, 1.165) is 5.33 Å². The van der Waals surface area contributed by atoms with Gasteiger partial charge >= 0.3 is 0 Å². The molecule has 0 saturated carbocycles. The Bertz CT molecular complexity index is 194. The summed E-state index contributed by atoms with van der Waals surface area (Å²) < 4.78 is 0. The van der Waals surface area contributed by atoms with Crippen LogP contribution in [0, 0.1) is 6.92 Å². The van der Waals surface area contributed by atoms with Crippen molar-refractivity contribution >= 4 is 15.9 Å². The van der Waals surface area contributed by atoms with E-state index in [-0.39, 0.29) is 0 Å². The molecule has 1 rings (SSSR count). The fraction of sp³-hybridized carbons (Fsp3) is 0.400. The van der Waals surface area contributed by atoms with Gasteiger partial charge in [-0.15, -0.1) is 0 Å². The number of alkyl halides is 1. The van der Waals surface area contributed by atoms with Gasteiger partial charge in [0.25, 0.3) is 0 Å². The van der Waals surface area contributed by atoms with Gasteiger partial charge in [-0.2, -0.15) is 0 Å². The van der Waals surface area contributed by atoms with Crippen LogP contribution in [0.5, 0.6) is 0 Å². The summed E-state index contributed by atoms with van der Waals surface area (Å²) in [6.45, 7) is 6.12. The highest BCUT2D eigenvalue weighted by atomic mass is 79.9. The minimum absolute atomic E-state index is 0.958. The van der Waals surface area contributed by atoms with Gasteiger partial charge < -0.3 is 0 Å². The van der Waals surface area contributed by atoms with Crippen molar-refractivity contribution in [3.63, 3.8) is 0 Å². The van der Waals surface area contributed by atoms with Crippen LogP contribution < -0.4 is 0 Å². The smallest absolute Gasteiger partial charge is 0.0285 e. The third-order valence-electron chi connectivity index (χ3n) is 1.41. The first-order valence-electron chi connectivity index (χ1n) is 3.95. The molecule has 0 aliphatic carbocycles. The fourth-order valence-electron chi connectivity index (χ4n) is 0.760. The molecule has 0 fully saturated rings. The molecule has 0 radical (unpaired) electrons. The molecule has 0 aromatic heterocycles. The zero-order chi connectivity index (χ0) is 8.69. The summed E-state index contributed by atoms with van der Waals surface area (Å²) >= 11 is 3.41. The first-order chi connectivity index (χ1) is 5.34. The van der Waals surface area contributed by atoms with E-state index >= 15 is 0 Å². The zero-order valence-electron chi connectivity index (χ0n) is 7.39. The number of rotatable bonds is 1. The highest BCUT2D eigenvalue weighted by molar-refractivity contribution is 9.08. The van der Waals surface area contributed by atoms with Crippen LogP contribution in [0.25, 0.3) is 0 Å². The lowest BCUT2D eigenvalue weighted by atomic mass is 10.1. The summed E-state index contributed by atoms with van der Waals surface area (Å²) in [4.78, 5) is 0. The Labute approximate surface area is 77.8 Å². The average molecular weight is 215 g/mol. The molecule has 1 heteroatoms. The SMILES string of the molecule is CC.Cc1ccccc1CBr. The van der Waals surface area contributed by atoms with Gasteiger partial charge in [0, 0.05) is 5.33 Å². The number of aryl methyl sites for hydroxylation is 1. The van der Waals surface area contributed by atoms with Crippen LogP contribution in [0.1, 0.15) is 25.0 Å². The predicted octanol–water partition coefficient (Wildman–Crippen LogP) is 3.92. The van der Waals surface area contributed by atoms with Gasteiger partial charge in [-0.05, 0) is 18.1 Å². The first kappa shape index (κ1) is 10.7. The van der Waals surface area contributed by atoms with Gasteiger partial charge in [-0.3, -0.25) is 0 Å². The van der Waals surface area contributed by atoms with Crippen LogP contribution >= 0.6 is 15.9 Å². The number of halogens is 1. The second-order valence-corrected chi connectivity index (χ2v) is 2.62. The lowest BCUT2D eigenvalue weighted by molar-refractivity contribution is 1.32. The van der Waals surface area contributed by atoms with Crippen molar-refractivity contribution in [1.82, 2.24) is 0 Å². The van der Waals surface area contributed by atoms with Crippen molar-refractivity contribution < 1.29 is 0 Å². The molecule has 0 unspecified atom stereocenters. The molecule has 0 bridgehead atoms. The number of hydrogen-bond acceptors (Lipinski definition) is 0. The molecule has 0 N–H and O–H groups in total. The third-order valence-corrected chi connectivity index (χ3v) is 2.01. The second-order valence-electron chi connectivity index (χ2n) is 2.06. The van der Waals surface area contributed by atoms with E-state index in [2.05, 4.69) is 47.1 Å². The topological polar surface area (TPSA) is 0 Å². The normalized spacial score (nSPS) is 8.36. The lowest BCUT2D eigenvalue weighted by Gasteiger charge is -1.97. The van der Waals surface area contributed by atoms with E-state index in [1.165, 1.54) is 11.1 Å². The molecule has 0 aliphatic heterocycles. The van der Waals surface area contributed by atoms with Crippen molar-refractivity contribution in [1.29, 1.82) is 0 Å². The fourth-order valence-corrected chi connectivity index (χ4v) is 1.39. The van der Waals surface area contributed by atoms with Crippen LogP contribution in [0.2, 0.25) is 0 Å². The molecule has 0 spiro atoms. The molecule has 0 saturated heterocycles. The molecule has 11 heavy (non-hydrogen) atoms. The Kier molecular flexibility index (Phi) is 6.24. The quantitative estimate of drug-likeness (QED) is 0.623. The Balaban J connectivity index is 0.000000461. The average Bonchev–Trinajstić information content (AvgIpc) is 2.09. The highest BCUT2D eigenvalue weighted by Crippen LogP contribution is 2.09. The minimum atomic E-state index is 0.958. The molecule has 62 valence electrons. The molecular formula is C10H15Br. The van der Waals surface area contributed by atoms with Crippen LogP contribution in [0.3, 0.4) is 0 Å². The van der Waals surface area contributed by atoms with Crippen molar-refractivity contribution in [3.05, 3.63) is 35.4 Å². The van der Waals surface area contributed by atoms with Crippen molar-refractivity contribution in [2.24, 2.45) is 0 Å². The molecule has 0 atom stereocenters. The monoisotopic (exact) mass is 214 g/mol. The zero-order valence-corrected chi connectivity index (χ0v) is 8.98.